The van der Waals surface area contributed by atoms with Crippen LogP contribution >= 0.6 is 0 Å². The van der Waals surface area contributed by atoms with Crippen LogP contribution in [0.5, 0.6) is 5.75 Å². The highest BCUT2D eigenvalue weighted by Crippen LogP contribution is 2.38. The lowest BCUT2D eigenvalue weighted by atomic mass is 9.91. The molecule has 0 amide bonds. The molecule has 2 nitrogen and oxygen atoms in total. The van der Waals surface area contributed by atoms with Crippen molar-refractivity contribution in [3.05, 3.63) is 65.2 Å². The van der Waals surface area contributed by atoms with Crippen LogP contribution in [0.1, 0.15) is 76.6 Å². The van der Waals surface area contributed by atoms with Crippen molar-refractivity contribution >= 4 is 17.0 Å². The summed E-state index contributed by atoms with van der Waals surface area (Å²) in [6.07, 6.45) is 1.97. The Morgan fingerprint density at radius 1 is 0.926 bits per heavy atom. The highest BCUT2D eigenvalue weighted by Gasteiger charge is 2.19. The van der Waals surface area contributed by atoms with Crippen LogP contribution < -0.4 is 0 Å². The maximum absolute atomic E-state index is 9.83. The van der Waals surface area contributed by atoms with Gasteiger partial charge in [-0.2, -0.15) is 0 Å². The number of aryl methyl sites for hydroxylation is 2. The van der Waals surface area contributed by atoms with Gasteiger partial charge in [0.25, 0.3) is 0 Å². The van der Waals surface area contributed by atoms with Crippen molar-refractivity contribution in [2.75, 3.05) is 0 Å². The average Bonchev–Trinajstić information content (AvgIpc) is 2.67. The Labute approximate surface area is 166 Å². The maximum atomic E-state index is 9.83. The molecule has 3 rings (SSSR count). The number of benzene rings is 2. The Morgan fingerprint density at radius 3 is 2.04 bits per heavy atom. The molecule has 0 spiro atoms. The van der Waals surface area contributed by atoms with E-state index in [-0.39, 0.29) is 0 Å². The Kier molecular flexibility index (Phi) is 11.8. The molecule has 27 heavy (non-hydrogen) atoms. The van der Waals surface area contributed by atoms with Gasteiger partial charge in [-0.3, -0.25) is 4.99 Å². The number of allylic oxidation sites excluding steroid dienone is 1. The first-order valence-electron chi connectivity index (χ1n) is 10.1. The molecule has 2 aromatic carbocycles. The summed E-state index contributed by atoms with van der Waals surface area (Å²) in [5.41, 5.74) is 7.13. The Bertz CT molecular complexity index is 757. The molecule has 0 bridgehead atoms. The van der Waals surface area contributed by atoms with Gasteiger partial charge in [-0.25, -0.2) is 0 Å². The average molecular weight is 368 g/mol. The minimum Gasteiger partial charge on any atom is -0.508 e. The molecule has 0 fully saturated rings. The molecule has 0 unspecified atom stereocenters. The lowest BCUT2D eigenvalue weighted by Gasteiger charge is -2.20. The van der Waals surface area contributed by atoms with Crippen molar-refractivity contribution in [2.45, 2.75) is 68.2 Å². The van der Waals surface area contributed by atoms with Gasteiger partial charge >= 0.3 is 0 Å². The van der Waals surface area contributed by atoms with Gasteiger partial charge in [0.05, 0.1) is 11.4 Å². The molecule has 2 aromatic rings. The van der Waals surface area contributed by atoms with Crippen molar-refractivity contribution in [1.82, 2.24) is 0 Å². The van der Waals surface area contributed by atoms with Gasteiger partial charge in [-0.1, -0.05) is 78.8 Å². The van der Waals surface area contributed by atoms with Crippen molar-refractivity contribution in [1.29, 1.82) is 0 Å². The topological polar surface area (TPSA) is 32.6 Å². The molecule has 1 aliphatic heterocycles. The smallest absolute Gasteiger partial charge is 0.119 e. The van der Waals surface area contributed by atoms with E-state index in [2.05, 4.69) is 39.5 Å². The molecule has 0 saturated carbocycles. The van der Waals surface area contributed by atoms with Crippen LogP contribution in [-0.2, 0) is 0 Å². The van der Waals surface area contributed by atoms with Crippen molar-refractivity contribution in [3.63, 3.8) is 0 Å². The number of fused-ring (bicyclic) bond motifs is 1. The number of phenolic OH excluding ortho intramolecular Hbond substituents is 1. The lowest BCUT2D eigenvalue weighted by Crippen LogP contribution is -2.08. The second-order valence-corrected chi connectivity index (χ2v) is 6.02. The third-order valence-electron chi connectivity index (χ3n) is 3.79. The van der Waals surface area contributed by atoms with Crippen LogP contribution in [0.2, 0.25) is 0 Å². The minimum atomic E-state index is 0.305. The van der Waals surface area contributed by atoms with Gasteiger partial charge in [0.2, 0.25) is 0 Å². The zero-order valence-corrected chi connectivity index (χ0v) is 18.5. The van der Waals surface area contributed by atoms with Crippen molar-refractivity contribution < 1.29 is 5.11 Å². The number of hydrogen-bond donors (Lipinski definition) is 1. The number of aromatic hydroxyl groups is 1. The SMILES string of the molecule is C=C1CC(c2ccccc2C)=Nc2cc(C)c(O)cc21.CC.CC.CCC. The number of rotatable bonds is 1. The summed E-state index contributed by atoms with van der Waals surface area (Å²) < 4.78 is 0. The van der Waals surface area contributed by atoms with E-state index < -0.39 is 0 Å². The largest absolute Gasteiger partial charge is 0.508 e. The van der Waals surface area contributed by atoms with Crippen LogP contribution in [-0.4, -0.2) is 10.8 Å². The summed E-state index contributed by atoms with van der Waals surface area (Å²) in [4.78, 5) is 4.77. The molecule has 148 valence electrons. The molecular formula is C25H37NO. The van der Waals surface area contributed by atoms with Crippen LogP contribution in [0, 0.1) is 13.8 Å². The molecule has 0 aromatic heterocycles. The number of hydrogen-bond acceptors (Lipinski definition) is 2. The van der Waals surface area contributed by atoms with E-state index in [1.54, 1.807) is 6.07 Å². The van der Waals surface area contributed by atoms with E-state index in [9.17, 15) is 5.11 Å². The first kappa shape index (κ1) is 24.7. The Hall–Kier alpha value is -2.35. The molecular weight excluding hydrogens is 330 g/mol. The van der Waals surface area contributed by atoms with Gasteiger partial charge in [0, 0.05) is 12.0 Å². The number of nitrogens with zero attached hydrogens (tertiary/aromatic N) is 1. The van der Waals surface area contributed by atoms with Crippen LogP contribution in [0.4, 0.5) is 5.69 Å². The van der Waals surface area contributed by atoms with Crippen molar-refractivity contribution in [2.24, 2.45) is 4.99 Å². The molecule has 1 aliphatic rings. The van der Waals surface area contributed by atoms with E-state index in [0.717, 1.165) is 34.5 Å². The highest BCUT2D eigenvalue weighted by atomic mass is 16.3. The monoisotopic (exact) mass is 367 g/mol. The van der Waals surface area contributed by atoms with Crippen LogP contribution in [0.15, 0.2) is 48.0 Å². The van der Waals surface area contributed by atoms with E-state index in [1.807, 2.05) is 52.8 Å². The van der Waals surface area contributed by atoms with Gasteiger partial charge < -0.3 is 5.11 Å². The fourth-order valence-electron chi connectivity index (χ4n) is 2.59. The second kappa shape index (κ2) is 12.9. The van der Waals surface area contributed by atoms with Gasteiger partial charge in [-0.15, -0.1) is 0 Å². The zero-order chi connectivity index (χ0) is 21.0. The van der Waals surface area contributed by atoms with Gasteiger partial charge in [0.1, 0.15) is 5.75 Å². The number of aliphatic imine (C=N–C) groups is 1. The fraction of sp³-hybridized carbons (Fsp3) is 0.400. The van der Waals surface area contributed by atoms with Crippen molar-refractivity contribution in [3.8, 4) is 5.75 Å². The summed E-state index contributed by atoms with van der Waals surface area (Å²) in [6, 6.07) is 12.0. The summed E-state index contributed by atoms with van der Waals surface area (Å²) in [6.45, 7) is 20.4. The summed E-state index contributed by atoms with van der Waals surface area (Å²) in [5.74, 6) is 0.305. The second-order valence-electron chi connectivity index (χ2n) is 6.02. The van der Waals surface area contributed by atoms with E-state index in [0.29, 0.717) is 5.75 Å². The van der Waals surface area contributed by atoms with Gasteiger partial charge in [-0.05, 0) is 48.2 Å². The van der Waals surface area contributed by atoms with Crippen LogP contribution in [0.3, 0.4) is 0 Å². The Balaban J connectivity index is 0.000000860. The standard InChI is InChI=1S/C18H17NO.C3H8.2C2H6/c1-11-6-4-5-7-14(11)16-8-12(2)15-10-18(20)13(3)9-17(15)19-16;1-3-2;2*1-2/h4-7,9-10,20H,2,8H2,1,3H3;3H2,1-2H3;2*1-2H3. The molecule has 0 atom stereocenters. The number of phenols is 1. The molecule has 1 N–H and O–H groups in total. The molecule has 2 heteroatoms. The predicted octanol–water partition coefficient (Wildman–Crippen LogP) is 8.02. The van der Waals surface area contributed by atoms with E-state index in [1.165, 1.54) is 17.5 Å². The van der Waals surface area contributed by atoms with E-state index >= 15 is 0 Å². The third kappa shape index (κ3) is 6.71. The first-order valence-corrected chi connectivity index (χ1v) is 10.1. The molecule has 0 saturated heterocycles. The predicted molar refractivity (Wildman–Crippen MR) is 123 cm³/mol. The fourth-order valence-corrected chi connectivity index (χ4v) is 2.59. The third-order valence-corrected chi connectivity index (χ3v) is 3.79. The van der Waals surface area contributed by atoms with E-state index in [4.69, 9.17) is 4.99 Å². The molecule has 0 aliphatic carbocycles. The molecule has 0 radical (unpaired) electrons. The normalized spacial score (nSPS) is 11.4. The zero-order valence-electron chi connectivity index (χ0n) is 18.5. The Morgan fingerprint density at radius 2 is 1.48 bits per heavy atom. The quantitative estimate of drug-likeness (QED) is 0.544. The lowest BCUT2D eigenvalue weighted by molar-refractivity contribution is 0.471. The maximum Gasteiger partial charge on any atom is 0.119 e. The van der Waals surface area contributed by atoms with Gasteiger partial charge in [0.15, 0.2) is 0 Å². The summed E-state index contributed by atoms with van der Waals surface area (Å²) in [5, 5.41) is 9.83. The highest BCUT2D eigenvalue weighted by molar-refractivity contribution is 6.11. The molecule has 1 heterocycles. The summed E-state index contributed by atoms with van der Waals surface area (Å²) in [7, 11) is 0. The first-order chi connectivity index (χ1) is 13.0. The summed E-state index contributed by atoms with van der Waals surface area (Å²) >= 11 is 0. The minimum absolute atomic E-state index is 0.305. The van der Waals surface area contributed by atoms with Crippen LogP contribution in [0.25, 0.3) is 5.57 Å².